The van der Waals surface area contributed by atoms with Gasteiger partial charge in [0.05, 0.1) is 12.3 Å². The minimum atomic E-state index is -0.445. The van der Waals surface area contributed by atoms with Crippen molar-refractivity contribution < 1.29 is 9.53 Å². The molecule has 2 N–H and O–H groups in total. The Bertz CT molecular complexity index is 585. The zero-order valence-corrected chi connectivity index (χ0v) is 12.6. The van der Waals surface area contributed by atoms with Crippen LogP contribution in [0.4, 0.5) is 21.9 Å². The van der Waals surface area contributed by atoms with E-state index in [9.17, 15) is 4.79 Å². The first-order valence-corrected chi connectivity index (χ1v) is 7.03. The molecule has 2 aromatic carbocycles. The molecule has 104 valence electrons. The lowest BCUT2D eigenvalue weighted by Gasteiger charge is -2.10. The standard InChI is InChI=1S/C15H15BrN2O2/c1-2-20-15(19)18-12-9-7-11(8-10-12)17-14-6-4-3-5-13(14)16/h3-10,17H,2H2,1H3,(H,18,19). The molecule has 0 aliphatic rings. The Morgan fingerprint density at radius 3 is 2.40 bits per heavy atom. The van der Waals surface area contributed by atoms with E-state index in [0.717, 1.165) is 15.8 Å². The van der Waals surface area contributed by atoms with Crippen LogP contribution in [-0.4, -0.2) is 12.7 Å². The third kappa shape index (κ3) is 3.99. The number of anilines is 3. The van der Waals surface area contributed by atoms with E-state index in [1.54, 1.807) is 6.92 Å². The number of carbonyl (C=O) groups excluding carboxylic acids is 1. The SMILES string of the molecule is CCOC(=O)Nc1ccc(Nc2ccccc2Br)cc1. The van der Waals surface area contributed by atoms with Crippen LogP contribution in [0, 0.1) is 0 Å². The maximum atomic E-state index is 11.3. The fourth-order valence-corrected chi connectivity index (χ4v) is 2.02. The molecule has 4 nitrogen and oxygen atoms in total. The predicted molar refractivity (Wildman–Crippen MR) is 84.5 cm³/mol. The van der Waals surface area contributed by atoms with Gasteiger partial charge in [0, 0.05) is 15.8 Å². The van der Waals surface area contributed by atoms with Crippen LogP contribution in [0.2, 0.25) is 0 Å². The van der Waals surface area contributed by atoms with E-state index in [0.29, 0.717) is 12.3 Å². The third-order valence-electron chi connectivity index (χ3n) is 2.56. The summed E-state index contributed by atoms with van der Waals surface area (Å²) in [6, 6.07) is 15.3. The number of nitrogens with one attached hydrogen (secondary N) is 2. The van der Waals surface area contributed by atoms with Crippen molar-refractivity contribution in [3.63, 3.8) is 0 Å². The largest absolute Gasteiger partial charge is 0.450 e. The van der Waals surface area contributed by atoms with Crippen LogP contribution >= 0.6 is 15.9 Å². The fourth-order valence-electron chi connectivity index (χ4n) is 1.64. The Labute approximate surface area is 126 Å². The highest BCUT2D eigenvalue weighted by Gasteiger charge is 2.02. The summed E-state index contributed by atoms with van der Waals surface area (Å²) in [5.74, 6) is 0. The normalized spacial score (nSPS) is 9.90. The predicted octanol–water partition coefficient (Wildman–Crippen LogP) is 4.76. The summed E-state index contributed by atoms with van der Waals surface area (Å²) in [5, 5.41) is 5.93. The number of rotatable bonds is 4. The lowest BCUT2D eigenvalue weighted by Crippen LogP contribution is -2.13. The van der Waals surface area contributed by atoms with Crippen molar-refractivity contribution in [2.24, 2.45) is 0 Å². The summed E-state index contributed by atoms with van der Waals surface area (Å²) in [4.78, 5) is 11.3. The van der Waals surface area contributed by atoms with Gasteiger partial charge in [-0.2, -0.15) is 0 Å². The first-order valence-electron chi connectivity index (χ1n) is 6.24. The molecule has 0 saturated carbocycles. The molecule has 1 amide bonds. The second-order valence-electron chi connectivity index (χ2n) is 4.03. The molecule has 20 heavy (non-hydrogen) atoms. The number of ether oxygens (including phenoxy) is 1. The molecule has 0 unspecified atom stereocenters. The van der Waals surface area contributed by atoms with Crippen molar-refractivity contribution in [2.75, 3.05) is 17.2 Å². The van der Waals surface area contributed by atoms with E-state index < -0.39 is 6.09 Å². The third-order valence-corrected chi connectivity index (χ3v) is 3.25. The van der Waals surface area contributed by atoms with E-state index in [1.165, 1.54) is 0 Å². The molecule has 0 heterocycles. The summed E-state index contributed by atoms with van der Waals surface area (Å²) in [5.41, 5.74) is 2.62. The molecule has 2 rings (SSSR count). The number of halogens is 1. The second-order valence-corrected chi connectivity index (χ2v) is 4.88. The number of para-hydroxylation sites is 1. The zero-order valence-electron chi connectivity index (χ0n) is 11.0. The Morgan fingerprint density at radius 1 is 1.10 bits per heavy atom. The van der Waals surface area contributed by atoms with Crippen molar-refractivity contribution in [3.8, 4) is 0 Å². The molecule has 0 aromatic heterocycles. The molecule has 0 aliphatic heterocycles. The molecule has 0 atom stereocenters. The van der Waals surface area contributed by atoms with Gasteiger partial charge in [-0.15, -0.1) is 0 Å². The van der Waals surface area contributed by atoms with Crippen LogP contribution in [0.3, 0.4) is 0 Å². The second kappa shape index (κ2) is 6.96. The van der Waals surface area contributed by atoms with Gasteiger partial charge in [-0.1, -0.05) is 12.1 Å². The molecule has 0 aliphatic carbocycles. The number of hydrogen-bond acceptors (Lipinski definition) is 3. The Balaban J connectivity index is 2.02. The molecule has 0 radical (unpaired) electrons. The molecule has 0 fully saturated rings. The molecular formula is C15H15BrN2O2. The van der Waals surface area contributed by atoms with Gasteiger partial charge in [-0.05, 0) is 59.3 Å². The maximum Gasteiger partial charge on any atom is 0.411 e. The number of amides is 1. The van der Waals surface area contributed by atoms with E-state index >= 15 is 0 Å². The highest BCUT2D eigenvalue weighted by Crippen LogP contribution is 2.25. The zero-order chi connectivity index (χ0) is 14.4. The van der Waals surface area contributed by atoms with Crippen LogP contribution in [0.15, 0.2) is 53.0 Å². The van der Waals surface area contributed by atoms with Crippen LogP contribution in [0.5, 0.6) is 0 Å². The quantitative estimate of drug-likeness (QED) is 0.847. The lowest BCUT2D eigenvalue weighted by atomic mass is 10.2. The van der Waals surface area contributed by atoms with Crippen molar-refractivity contribution in [1.29, 1.82) is 0 Å². The number of carbonyl (C=O) groups is 1. The molecule has 0 spiro atoms. The van der Waals surface area contributed by atoms with E-state index in [1.807, 2.05) is 48.5 Å². The first-order chi connectivity index (χ1) is 9.69. The molecule has 2 aromatic rings. The van der Waals surface area contributed by atoms with Gasteiger partial charge in [-0.25, -0.2) is 4.79 Å². The van der Waals surface area contributed by atoms with E-state index in [4.69, 9.17) is 4.74 Å². The summed E-state index contributed by atoms with van der Waals surface area (Å²) >= 11 is 3.48. The number of benzene rings is 2. The van der Waals surface area contributed by atoms with E-state index in [2.05, 4.69) is 26.6 Å². The Hall–Kier alpha value is -2.01. The molecular weight excluding hydrogens is 320 g/mol. The van der Waals surface area contributed by atoms with Gasteiger partial charge >= 0.3 is 6.09 Å². The van der Waals surface area contributed by atoms with Crippen LogP contribution in [0.1, 0.15) is 6.92 Å². The van der Waals surface area contributed by atoms with Crippen molar-refractivity contribution in [2.45, 2.75) is 6.92 Å². The van der Waals surface area contributed by atoms with Gasteiger partial charge in [0.25, 0.3) is 0 Å². The van der Waals surface area contributed by atoms with Gasteiger partial charge in [0.1, 0.15) is 0 Å². The monoisotopic (exact) mass is 334 g/mol. The summed E-state index contributed by atoms with van der Waals surface area (Å²) in [7, 11) is 0. The fraction of sp³-hybridized carbons (Fsp3) is 0.133. The van der Waals surface area contributed by atoms with Crippen LogP contribution in [-0.2, 0) is 4.74 Å². The van der Waals surface area contributed by atoms with E-state index in [-0.39, 0.29) is 0 Å². The summed E-state index contributed by atoms with van der Waals surface area (Å²) in [6.07, 6.45) is -0.445. The minimum Gasteiger partial charge on any atom is -0.450 e. The Morgan fingerprint density at radius 2 is 1.75 bits per heavy atom. The number of hydrogen-bond donors (Lipinski definition) is 2. The lowest BCUT2D eigenvalue weighted by molar-refractivity contribution is 0.168. The highest BCUT2D eigenvalue weighted by atomic mass is 79.9. The van der Waals surface area contributed by atoms with Crippen LogP contribution in [0.25, 0.3) is 0 Å². The van der Waals surface area contributed by atoms with Crippen molar-refractivity contribution in [3.05, 3.63) is 53.0 Å². The van der Waals surface area contributed by atoms with Crippen molar-refractivity contribution >= 4 is 39.1 Å². The Kier molecular flexibility index (Phi) is 5.01. The average Bonchev–Trinajstić information content (AvgIpc) is 2.44. The van der Waals surface area contributed by atoms with Gasteiger partial charge in [0.15, 0.2) is 0 Å². The highest BCUT2D eigenvalue weighted by molar-refractivity contribution is 9.10. The maximum absolute atomic E-state index is 11.3. The summed E-state index contributed by atoms with van der Waals surface area (Å²) in [6.45, 7) is 2.12. The van der Waals surface area contributed by atoms with Gasteiger partial charge in [-0.3, -0.25) is 5.32 Å². The summed E-state index contributed by atoms with van der Waals surface area (Å²) < 4.78 is 5.81. The van der Waals surface area contributed by atoms with Crippen molar-refractivity contribution in [1.82, 2.24) is 0 Å². The average molecular weight is 335 g/mol. The molecule has 5 heteroatoms. The van der Waals surface area contributed by atoms with Gasteiger partial charge < -0.3 is 10.1 Å². The molecule has 0 saturated heterocycles. The minimum absolute atomic E-state index is 0.355. The smallest absolute Gasteiger partial charge is 0.411 e. The topological polar surface area (TPSA) is 50.4 Å². The van der Waals surface area contributed by atoms with Crippen LogP contribution < -0.4 is 10.6 Å². The van der Waals surface area contributed by atoms with Gasteiger partial charge in [0.2, 0.25) is 0 Å². The first kappa shape index (κ1) is 14.4. The molecule has 0 bridgehead atoms.